The molecule has 2 heterocycles. The van der Waals surface area contributed by atoms with E-state index in [1.165, 1.54) is 5.56 Å². The van der Waals surface area contributed by atoms with Gasteiger partial charge >= 0.3 is 5.97 Å². The zero-order valence-corrected chi connectivity index (χ0v) is 16.2. The smallest absolute Gasteiger partial charge is 0.358 e. The average Bonchev–Trinajstić information content (AvgIpc) is 2.78. The highest BCUT2D eigenvalue weighted by Crippen LogP contribution is 2.17. The van der Waals surface area contributed by atoms with Crippen molar-refractivity contribution in [1.82, 2.24) is 14.8 Å². The minimum absolute atomic E-state index is 0.169. The van der Waals surface area contributed by atoms with Gasteiger partial charge < -0.3 is 9.64 Å². The van der Waals surface area contributed by atoms with E-state index in [1.807, 2.05) is 48.5 Å². The highest BCUT2D eigenvalue weighted by atomic mass is 16.5. The van der Waals surface area contributed by atoms with Crippen LogP contribution in [0.15, 0.2) is 66.9 Å². The lowest BCUT2D eigenvalue weighted by atomic mass is 10.1. The maximum Gasteiger partial charge on any atom is 0.358 e. The zero-order valence-electron chi connectivity index (χ0n) is 16.2. The van der Waals surface area contributed by atoms with Crippen LogP contribution in [0.25, 0.3) is 10.8 Å². The number of amides is 1. The molecule has 0 saturated carbocycles. The third-order valence-corrected chi connectivity index (χ3v) is 5.17. The van der Waals surface area contributed by atoms with Crippen molar-refractivity contribution in [2.45, 2.75) is 6.54 Å². The van der Waals surface area contributed by atoms with E-state index in [1.54, 1.807) is 11.1 Å². The van der Waals surface area contributed by atoms with Crippen LogP contribution in [0.3, 0.4) is 0 Å². The SMILES string of the molecule is O=C(OCC(=O)N1CCN(Cc2ccccc2)CC1)c1nccc2ccccc12. The van der Waals surface area contributed by atoms with Gasteiger partial charge in [0.15, 0.2) is 12.3 Å². The van der Waals surface area contributed by atoms with Crippen molar-refractivity contribution >= 4 is 22.6 Å². The first-order chi connectivity index (χ1) is 14.2. The van der Waals surface area contributed by atoms with E-state index in [9.17, 15) is 9.59 Å². The predicted octanol–water partition coefficient (Wildman–Crippen LogP) is 2.74. The van der Waals surface area contributed by atoms with Crippen molar-refractivity contribution in [1.29, 1.82) is 0 Å². The van der Waals surface area contributed by atoms with Gasteiger partial charge in [0.2, 0.25) is 0 Å². The molecule has 1 fully saturated rings. The molecule has 0 unspecified atom stereocenters. The molecule has 2 aromatic carbocycles. The Balaban J connectivity index is 1.28. The van der Waals surface area contributed by atoms with E-state index in [2.05, 4.69) is 22.0 Å². The molecule has 1 amide bonds. The van der Waals surface area contributed by atoms with Crippen LogP contribution in [-0.4, -0.2) is 59.4 Å². The summed E-state index contributed by atoms with van der Waals surface area (Å²) >= 11 is 0. The van der Waals surface area contributed by atoms with Crippen molar-refractivity contribution in [3.63, 3.8) is 0 Å². The van der Waals surface area contributed by atoms with Crippen LogP contribution in [0, 0.1) is 0 Å². The van der Waals surface area contributed by atoms with Gasteiger partial charge in [0.25, 0.3) is 5.91 Å². The molecule has 1 saturated heterocycles. The summed E-state index contributed by atoms with van der Waals surface area (Å²) in [5, 5.41) is 1.64. The number of aromatic nitrogens is 1. The fraction of sp³-hybridized carbons (Fsp3) is 0.261. The van der Waals surface area contributed by atoms with E-state index in [4.69, 9.17) is 4.74 Å². The third-order valence-electron chi connectivity index (χ3n) is 5.17. The number of carbonyl (C=O) groups excluding carboxylic acids is 2. The van der Waals surface area contributed by atoms with Gasteiger partial charge in [-0.25, -0.2) is 9.78 Å². The Morgan fingerprint density at radius 1 is 0.897 bits per heavy atom. The molecule has 6 nitrogen and oxygen atoms in total. The molecular formula is C23H23N3O3. The molecule has 0 N–H and O–H groups in total. The van der Waals surface area contributed by atoms with Gasteiger partial charge in [-0.15, -0.1) is 0 Å². The van der Waals surface area contributed by atoms with Gasteiger partial charge in [-0.2, -0.15) is 0 Å². The molecule has 3 aromatic rings. The Morgan fingerprint density at radius 2 is 1.62 bits per heavy atom. The summed E-state index contributed by atoms with van der Waals surface area (Å²) in [6.07, 6.45) is 1.58. The number of piperazine rings is 1. The quantitative estimate of drug-likeness (QED) is 0.628. The number of esters is 1. The molecule has 1 aliphatic heterocycles. The number of benzene rings is 2. The Labute approximate surface area is 169 Å². The molecule has 148 valence electrons. The van der Waals surface area contributed by atoms with Crippen LogP contribution in [0.4, 0.5) is 0 Å². The lowest BCUT2D eigenvalue weighted by Crippen LogP contribution is -2.49. The molecule has 0 spiro atoms. The van der Waals surface area contributed by atoms with Gasteiger partial charge in [0.05, 0.1) is 0 Å². The maximum atomic E-state index is 12.5. The first kappa shape index (κ1) is 19.1. The zero-order chi connectivity index (χ0) is 20.1. The van der Waals surface area contributed by atoms with Crippen LogP contribution in [0.5, 0.6) is 0 Å². The van der Waals surface area contributed by atoms with Gasteiger partial charge in [-0.3, -0.25) is 9.69 Å². The van der Waals surface area contributed by atoms with Gasteiger partial charge in [-0.1, -0.05) is 54.6 Å². The van der Waals surface area contributed by atoms with Crippen LogP contribution < -0.4 is 0 Å². The molecular weight excluding hydrogens is 366 g/mol. The summed E-state index contributed by atoms with van der Waals surface area (Å²) in [4.78, 5) is 33.1. The van der Waals surface area contributed by atoms with Crippen molar-refractivity contribution in [2.75, 3.05) is 32.8 Å². The van der Waals surface area contributed by atoms with Crippen LogP contribution >= 0.6 is 0 Å². The fourth-order valence-corrected chi connectivity index (χ4v) is 3.57. The lowest BCUT2D eigenvalue weighted by Gasteiger charge is -2.34. The lowest BCUT2D eigenvalue weighted by molar-refractivity contribution is -0.136. The standard InChI is InChI=1S/C23H23N3O3/c27-21(26-14-12-25(13-15-26)16-18-6-2-1-3-7-18)17-29-23(28)22-20-9-5-4-8-19(20)10-11-24-22/h1-11H,12-17H2. The Bertz CT molecular complexity index is 993. The van der Waals surface area contributed by atoms with E-state index in [0.717, 1.165) is 30.4 Å². The highest BCUT2D eigenvalue weighted by molar-refractivity contribution is 6.03. The summed E-state index contributed by atoms with van der Waals surface area (Å²) in [5.74, 6) is -0.740. The molecule has 4 rings (SSSR count). The van der Waals surface area contributed by atoms with E-state index >= 15 is 0 Å². The predicted molar refractivity (Wildman–Crippen MR) is 110 cm³/mol. The maximum absolute atomic E-state index is 12.5. The first-order valence-corrected chi connectivity index (χ1v) is 9.75. The van der Waals surface area contributed by atoms with E-state index in [-0.39, 0.29) is 18.2 Å². The summed E-state index contributed by atoms with van der Waals surface area (Å²) < 4.78 is 5.27. The number of pyridine rings is 1. The Morgan fingerprint density at radius 3 is 2.41 bits per heavy atom. The number of rotatable bonds is 5. The number of nitrogens with zero attached hydrogens (tertiary/aromatic N) is 3. The monoisotopic (exact) mass is 389 g/mol. The first-order valence-electron chi connectivity index (χ1n) is 9.75. The number of ether oxygens (including phenoxy) is 1. The summed E-state index contributed by atoms with van der Waals surface area (Å²) in [6.45, 7) is 3.50. The third kappa shape index (κ3) is 4.60. The van der Waals surface area contributed by atoms with Crippen LogP contribution in [0.2, 0.25) is 0 Å². The van der Waals surface area contributed by atoms with Crippen molar-refractivity contribution < 1.29 is 14.3 Å². The normalized spacial score (nSPS) is 14.7. The number of carbonyl (C=O) groups is 2. The second kappa shape index (κ2) is 8.84. The van der Waals surface area contributed by atoms with Gasteiger partial charge in [-0.05, 0) is 17.0 Å². The Hall–Kier alpha value is -3.25. The number of fused-ring (bicyclic) bond motifs is 1. The molecule has 29 heavy (non-hydrogen) atoms. The molecule has 0 bridgehead atoms. The van der Waals surface area contributed by atoms with Gasteiger partial charge in [0.1, 0.15) is 0 Å². The molecule has 0 radical (unpaired) electrons. The summed E-state index contributed by atoms with van der Waals surface area (Å²) in [5.41, 5.74) is 1.51. The minimum Gasteiger partial charge on any atom is -0.451 e. The fourth-order valence-electron chi connectivity index (χ4n) is 3.57. The molecule has 0 atom stereocenters. The number of hydrogen-bond donors (Lipinski definition) is 0. The van der Waals surface area contributed by atoms with Gasteiger partial charge in [0, 0.05) is 44.3 Å². The average molecular weight is 389 g/mol. The van der Waals surface area contributed by atoms with Crippen molar-refractivity contribution in [2.24, 2.45) is 0 Å². The van der Waals surface area contributed by atoms with Crippen molar-refractivity contribution in [3.05, 3.63) is 78.1 Å². The second-order valence-electron chi connectivity index (χ2n) is 7.10. The summed E-state index contributed by atoms with van der Waals surface area (Å²) in [6, 6.07) is 19.6. The molecule has 1 aliphatic rings. The summed E-state index contributed by atoms with van der Waals surface area (Å²) in [7, 11) is 0. The molecule has 0 aliphatic carbocycles. The minimum atomic E-state index is -0.571. The van der Waals surface area contributed by atoms with E-state index in [0.29, 0.717) is 13.1 Å². The van der Waals surface area contributed by atoms with Crippen LogP contribution in [-0.2, 0) is 16.1 Å². The largest absolute Gasteiger partial charge is 0.451 e. The molecule has 1 aromatic heterocycles. The highest BCUT2D eigenvalue weighted by Gasteiger charge is 2.23. The van der Waals surface area contributed by atoms with Crippen molar-refractivity contribution in [3.8, 4) is 0 Å². The second-order valence-corrected chi connectivity index (χ2v) is 7.10. The molecule has 6 heteroatoms. The number of hydrogen-bond acceptors (Lipinski definition) is 5. The Kier molecular flexibility index (Phi) is 5.81. The van der Waals surface area contributed by atoms with E-state index < -0.39 is 5.97 Å². The van der Waals surface area contributed by atoms with Crippen LogP contribution in [0.1, 0.15) is 16.1 Å². The topological polar surface area (TPSA) is 62.7 Å².